The highest BCUT2D eigenvalue weighted by Gasteiger charge is 2.36. The van der Waals surface area contributed by atoms with E-state index in [1.54, 1.807) is 12.1 Å². The van der Waals surface area contributed by atoms with Gasteiger partial charge in [0.05, 0.1) is 41.8 Å². The molecule has 0 aromatic heterocycles. The van der Waals surface area contributed by atoms with Crippen LogP contribution in [0.15, 0.2) is 84.9 Å². The van der Waals surface area contributed by atoms with Crippen LogP contribution < -0.4 is 10.6 Å². The molecule has 0 aliphatic carbocycles. The Morgan fingerprint density at radius 2 is 0.943 bits per heavy atom. The summed E-state index contributed by atoms with van der Waals surface area (Å²) in [5.74, 6) is -0.266. The maximum absolute atomic E-state index is 12.4. The molecular formula is C31H37NO2P+. The SMILES string of the molecule is C[P+](CCCCCCCCCCN1C(=O)c2ccccc2C1=O)(c1ccccc1)c1ccccc1. The number of rotatable bonds is 13. The van der Waals surface area contributed by atoms with Crippen molar-refractivity contribution in [1.29, 1.82) is 0 Å². The molecule has 1 aliphatic rings. The molecule has 0 saturated heterocycles. The second-order valence-electron chi connectivity index (χ2n) is 9.72. The van der Waals surface area contributed by atoms with Gasteiger partial charge in [0, 0.05) is 6.54 Å². The number of amides is 2. The summed E-state index contributed by atoms with van der Waals surface area (Å²) in [6.07, 6.45) is 10.7. The summed E-state index contributed by atoms with van der Waals surface area (Å²) in [5, 5.41) is 3.01. The summed E-state index contributed by atoms with van der Waals surface area (Å²) in [5.41, 5.74) is 1.10. The van der Waals surface area contributed by atoms with Crippen LogP contribution in [0.25, 0.3) is 0 Å². The molecule has 0 spiro atoms. The largest absolute Gasteiger partial charge is 0.274 e. The van der Waals surface area contributed by atoms with Crippen LogP contribution in [0.4, 0.5) is 0 Å². The van der Waals surface area contributed by atoms with Crippen LogP contribution in [0.2, 0.25) is 0 Å². The van der Waals surface area contributed by atoms with E-state index in [0.717, 1.165) is 12.8 Å². The minimum absolute atomic E-state index is 0.133. The zero-order chi connectivity index (χ0) is 24.5. The van der Waals surface area contributed by atoms with E-state index >= 15 is 0 Å². The number of hydrogen-bond acceptors (Lipinski definition) is 2. The average Bonchev–Trinajstić information content (AvgIpc) is 3.15. The highest BCUT2D eigenvalue weighted by Crippen LogP contribution is 2.53. The fraction of sp³-hybridized carbons (Fsp3) is 0.355. The van der Waals surface area contributed by atoms with Gasteiger partial charge in [-0.1, -0.05) is 80.6 Å². The third kappa shape index (κ3) is 6.08. The van der Waals surface area contributed by atoms with E-state index in [1.165, 1.54) is 60.2 Å². The molecule has 4 rings (SSSR count). The van der Waals surface area contributed by atoms with Gasteiger partial charge in [-0.3, -0.25) is 14.5 Å². The van der Waals surface area contributed by atoms with Gasteiger partial charge in [0.2, 0.25) is 0 Å². The van der Waals surface area contributed by atoms with Crippen molar-refractivity contribution in [2.75, 3.05) is 19.4 Å². The fourth-order valence-electron chi connectivity index (χ4n) is 5.12. The van der Waals surface area contributed by atoms with E-state index in [9.17, 15) is 9.59 Å². The standard InChI is InChI=1S/C31H37NO2P/c1-35(26-18-10-8-11-19-26,27-20-12-9-13-21-27)25-17-7-5-3-2-4-6-16-24-32-30(33)28-22-14-15-23-29(28)31(32)34/h8-15,18-23H,2-7,16-17,24-25H2,1H3/q+1. The van der Waals surface area contributed by atoms with Crippen molar-refractivity contribution in [3.8, 4) is 0 Å². The number of benzene rings is 3. The van der Waals surface area contributed by atoms with E-state index in [2.05, 4.69) is 67.3 Å². The molecule has 0 atom stereocenters. The van der Waals surface area contributed by atoms with Crippen molar-refractivity contribution < 1.29 is 9.59 Å². The van der Waals surface area contributed by atoms with Gasteiger partial charge in [-0.25, -0.2) is 0 Å². The van der Waals surface area contributed by atoms with Gasteiger partial charge >= 0.3 is 0 Å². The topological polar surface area (TPSA) is 37.4 Å². The highest BCUT2D eigenvalue weighted by molar-refractivity contribution is 7.88. The second-order valence-corrected chi connectivity index (χ2v) is 13.6. The predicted octanol–water partition coefficient (Wildman–Crippen LogP) is 6.70. The summed E-state index contributed by atoms with van der Waals surface area (Å²) < 4.78 is 0. The van der Waals surface area contributed by atoms with E-state index in [1.807, 2.05) is 12.1 Å². The molecule has 0 N–H and O–H groups in total. The van der Waals surface area contributed by atoms with Crippen molar-refractivity contribution in [3.05, 3.63) is 96.1 Å². The van der Waals surface area contributed by atoms with E-state index in [-0.39, 0.29) is 11.8 Å². The van der Waals surface area contributed by atoms with Crippen molar-refractivity contribution >= 4 is 29.7 Å². The first-order valence-corrected chi connectivity index (χ1v) is 15.5. The van der Waals surface area contributed by atoms with E-state index in [0.29, 0.717) is 17.7 Å². The van der Waals surface area contributed by atoms with Crippen LogP contribution in [-0.2, 0) is 0 Å². The van der Waals surface area contributed by atoms with Crippen LogP contribution in [-0.4, -0.2) is 36.1 Å². The van der Waals surface area contributed by atoms with Crippen molar-refractivity contribution in [1.82, 2.24) is 4.90 Å². The smallest absolute Gasteiger partial charge is 0.261 e. The number of unbranched alkanes of at least 4 members (excludes halogenated alkanes) is 7. The molecule has 2 amide bonds. The zero-order valence-electron chi connectivity index (χ0n) is 20.9. The average molecular weight is 487 g/mol. The lowest BCUT2D eigenvalue weighted by molar-refractivity contribution is 0.0651. The minimum Gasteiger partial charge on any atom is -0.274 e. The Morgan fingerprint density at radius 3 is 1.43 bits per heavy atom. The van der Waals surface area contributed by atoms with Gasteiger partial charge in [0.25, 0.3) is 11.8 Å². The maximum atomic E-state index is 12.4. The lowest BCUT2D eigenvalue weighted by Crippen LogP contribution is -2.30. The number of carbonyl (C=O) groups excluding carboxylic acids is 2. The van der Waals surface area contributed by atoms with Crippen molar-refractivity contribution in [3.63, 3.8) is 0 Å². The zero-order valence-corrected chi connectivity index (χ0v) is 21.8. The summed E-state index contributed by atoms with van der Waals surface area (Å²) in [6, 6.07) is 29.3. The van der Waals surface area contributed by atoms with Gasteiger partial charge in [-0.2, -0.15) is 0 Å². The second kappa shape index (κ2) is 12.3. The summed E-state index contributed by atoms with van der Waals surface area (Å²) >= 11 is 0. The Hall–Kier alpha value is -2.77. The predicted molar refractivity (Wildman–Crippen MR) is 149 cm³/mol. The van der Waals surface area contributed by atoms with Gasteiger partial charge in [-0.15, -0.1) is 0 Å². The van der Waals surface area contributed by atoms with Crippen LogP contribution >= 0.6 is 7.26 Å². The highest BCUT2D eigenvalue weighted by atomic mass is 31.2. The molecule has 3 aromatic carbocycles. The molecule has 0 saturated carbocycles. The minimum atomic E-state index is -1.35. The summed E-state index contributed by atoms with van der Waals surface area (Å²) in [4.78, 5) is 26.3. The molecule has 35 heavy (non-hydrogen) atoms. The molecule has 182 valence electrons. The number of fused-ring (bicyclic) bond motifs is 1. The Balaban J connectivity index is 1.12. The Labute approximate surface area is 210 Å². The first-order chi connectivity index (χ1) is 17.1. The van der Waals surface area contributed by atoms with Gasteiger partial charge in [-0.05, 0) is 55.7 Å². The van der Waals surface area contributed by atoms with Crippen LogP contribution in [0.1, 0.15) is 72.1 Å². The number of nitrogens with zero attached hydrogens (tertiary/aromatic N) is 1. The quantitative estimate of drug-likeness (QED) is 0.153. The maximum Gasteiger partial charge on any atom is 0.261 e. The first kappa shape index (κ1) is 25.3. The molecule has 0 unspecified atom stereocenters. The Morgan fingerprint density at radius 1 is 0.543 bits per heavy atom. The number of carbonyl (C=O) groups is 2. The lowest BCUT2D eigenvalue weighted by Gasteiger charge is -2.23. The van der Waals surface area contributed by atoms with Crippen LogP contribution in [0, 0.1) is 0 Å². The lowest BCUT2D eigenvalue weighted by atomic mass is 10.1. The van der Waals surface area contributed by atoms with E-state index < -0.39 is 7.26 Å². The fourth-order valence-corrected chi connectivity index (χ4v) is 8.45. The molecule has 3 nitrogen and oxygen atoms in total. The van der Waals surface area contributed by atoms with Gasteiger partial charge < -0.3 is 0 Å². The molecule has 3 aromatic rings. The van der Waals surface area contributed by atoms with E-state index in [4.69, 9.17) is 0 Å². The Bertz CT molecular complexity index is 1040. The van der Waals surface area contributed by atoms with Crippen molar-refractivity contribution in [2.45, 2.75) is 51.4 Å². The third-order valence-corrected chi connectivity index (χ3v) is 11.4. The van der Waals surface area contributed by atoms with Crippen molar-refractivity contribution in [2.24, 2.45) is 0 Å². The molecule has 0 radical (unpaired) electrons. The third-order valence-electron chi connectivity index (χ3n) is 7.27. The summed E-state index contributed by atoms with van der Waals surface area (Å²) in [7, 11) is -1.35. The molecular weight excluding hydrogens is 449 g/mol. The first-order valence-electron chi connectivity index (χ1n) is 13.0. The monoisotopic (exact) mass is 486 g/mol. The number of imide groups is 1. The molecule has 1 heterocycles. The molecule has 4 heteroatoms. The Kier molecular flexibility index (Phi) is 8.88. The molecule has 0 fully saturated rings. The van der Waals surface area contributed by atoms with Gasteiger partial charge in [0.15, 0.2) is 0 Å². The molecule has 0 bridgehead atoms. The van der Waals surface area contributed by atoms with Crippen LogP contribution in [0.5, 0.6) is 0 Å². The van der Waals surface area contributed by atoms with Crippen LogP contribution in [0.3, 0.4) is 0 Å². The number of hydrogen-bond donors (Lipinski definition) is 0. The normalized spacial score (nSPS) is 13.3. The molecule has 1 aliphatic heterocycles. The van der Waals surface area contributed by atoms with Gasteiger partial charge in [0.1, 0.15) is 0 Å². The summed E-state index contributed by atoms with van der Waals surface area (Å²) in [6.45, 7) is 3.03.